The van der Waals surface area contributed by atoms with Gasteiger partial charge in [-0.3, -0.25) is 14.5 Å². The summed E-state index contributed by atoms with van der Waals surface area (Å²) in [6, 6.07) is 10.8. The van der Waals surface area contributed by atoms with Crippen molar-refractivity contribution in [1.29, 1.82) is 0 Å². The Hall–Kier alpha value is -1.98. The first-order valence-corrected chi connectivity index (χ1v) is 18.0. The Bertz CT molecular complexity index is 1290. The van der Waals surface area contributed by atoms with E-state index in [9.17, 15) is 9.59 Å². The molecule has 10 atom stereocenters. The molecule has 5 fully saturated rings. The van der Waals surface area contributed by atoms with Crippen LogP contribution in [0, 0.1) is 40.9 Å². The van der Waals surface area contributed by atoms with Gasteiger partial charge in [0.2, 0.25) is 5.91 Å². The summed E-state index contributed by atoms with van der Waals surface area (Å²) in [5, 5.41) is 0. The van der Waals surface area contributed by atoms with E-state index in [0.717, 1.165) is 69.9 Å². The Morgan fingerprint density at radius 3 is 2.68 bits per heavy atom. The number of nitrogens with zero attached hydrogens (tertiary/aromatic N) is 2. The zero-order chi connectivity index (χ0) is 30.8. The van der Waals surface area contributed by atoms with Gasteiger partial charge in [-0.1, -0.05) is 62.2 Å². The number of likely N-dealkylation sites (N-methyl/N-ethyl adjacent to an activating group) is 1. The van der Waals surface area contributed by atoms with E-state index in [1.54, 1.807) is 11.1 Å². The summed E-state index contributed by atoms with van der Waals surface area (Å²) < 4.78 is 7.29. The summed E-state index contributed by atoms with van der Waals surface area (Å²) in [7, 11) is 1.97. The summed E-state index contributed by atoms with van der Waals surface area (Å²) in [5.41, 5.74) is 4.88. The number of hydrogen-bond donors (Lipinski definition) is 0. The number of piperidine rings is 1. The molecule has 0 radical (unpaired) electrons. The Balaban J connectivity index is 1.06. The molecule has 5 nitrogen and oxygen atoms in total. The lowest BCUT2D eigenvalue weighted by atomic mass is 9.52. The minimum Gasteiger partial charge on any atom is -0.369 e. The lowest BCUT2D eigenvalue weighted by Crippen LogP contribution is -2.54. The quantitative estimate of drug-likeness (QED) is 0.339. The highest BCUT2D eigenvalue weighted by Crippen LogP contribution is 2.65. The average molecular weight is 601 g/mol. The monoisotopic (exact) mass is 600 g/mol. The third kappa shape index (κ3) is 5.22. The van der Waals surface area contributed by atoms with Crippen molar-refractivity contribution < 1.29 is 14.3 Å². The second kappa shape index (κ2) is 11.7. The van der Waals surface area contributed by atoms with Crippen molar-refractivity contribution in [2.24, 2.45) is 40.9 Å². The molecular weight excluding hydrogens is 544 g/mol. The summed E-state index contributed by atoms with van der Waals surface area (Å²) in [6.07, 6.45) is 12.2. The largest absolute Gasteiger partial charge is 0.369 e. The number of Topliss-reactive ketones (excluding diaryl/α,β-unsaturated/α-hetero) is 1. The van der Waals surface area contributed by atoms with E-state index in [2.05, 4.69) is 56.9 Å². The Morgan fingerprint density at radius 2 is 1.89 bits per heavy atom. The van der Waals surface area contributed by atoms with Crippen LogP contribution in [-0.2, 0) is 20.7 Å². The van der Waals surface area contributed by atoms with Gasteiger partial charge in [0.05, 0.1) is 18.2 Å². The van der Waals surface area contributed by atoms with Crippen LogP contribution in [0.4, 0.5) is 0 Å². The van der Waals surface area contributed by atoms with Crippen LogP contribution >= 0.6 is 0 Å². The number of allylic oxidation sites excluding steroid dienone is 1. The van der Waals surface area contributed by atoms with E-state index in [4.69, 9.17) is 4.74 Å². The average Bonchev–Trinajstić information content (AvgIpc) is 3.46. The van der Waals surface area contributed by atoms with Crippen LogP contribution in [0.15, 0.2) is 41.5 Å². The van der Waals surface area contributed by atoms with Crippen LogP contribution in [0.25, 0.3) is 0 Å². The van der Waals surface area contributed by atoms with Crippen LogP contribution in [0.1, 0.15) is 97.5 Å². The Morgan fingerprint density at radius 1 is 1.09 bits per heavy atom. The molecule has 240 valence electrons. The molecule has 0 N–H and O–H groups in total. The molecule has 0 bridgehead atoms. The molecular formula is C39H56N2O3. The maximum Gasteiger partial charge on any atom is 0.236 e. The summed E-state index contributed by atoms with van der Waals surface area (Å²) in [4.78, 5) is 30.3. The summed E-state index contributed by atoms with van der Waals surface area (Å²) >= 11 is 0. The molecule has 1 aromatic rings. The van der Waals surface area contributed by atoms with Crippen molar-refractivity contribution in [3.05, 3.63) is 47.0 Å². The molecule has 7 rings (SSSR count). The van der Waals surface area contributed by atoms with E-state index in [1.165, 1.54) is 31.2 Å². The molecule has 2 aliphatic heterocycles. The third-order valence-corrected chi connectivity index (χ3v) is 14.0. The van der Waals surface area contributed by atoms with Crippen LogP contribution < -0.4 is 0 Å². The second-order valence-corrected chi connectivity index (χ2v) is 16.4. The third-order valence-electron chi connectivity index (χ3n) is 14.0. The van der Waals surface area contributed by atoms with Crippen molar-refractivity contribution in [1.82, 2.24) is 9.80 Å². The smallest absolute Gasteiger partial charge is 0.236 e. The molecule has 1 amide bonds. The molecule has 1 aromatic carbocycles. The van der Waals surface area contributed by atoms with E-state index in [0.29, 0.717) is 47.5 Å². The molecule has 2 saturated heterocycles. The van der Waals surface area contributed by atoms with Gasteiger partial charge in [-0.15, -0.1) is 0 Å². The molecule has 6 aliphatic rings. The molecule has 4 aliphatic carbocycles. The van der Waals surface area contributed by atoms with Gasteiger partial charge in [0.15, 0.2) is 0 Å². The summed E-state index contributed by atoms with van der Waals surface area (Å²) in [6.45, 7) is 12.0. The topological polar surface area (TPSA) is 49.9 Å². The van der Waals surface area contributed by atoms with Gasteiger partial charge in [-0.05, 0) is 105 Å². The molecule has 3 saturated carbocycles. The van der Waals surface area contributed by atoms with Crippen LogP contribution in [0.2, 0.25) is 0 Å². The number of carbonyl (C=O) groups is 2. The highest BCUT2D eigenvalue weighted by molar-refractivity contribution is 5.79. The number of amides is 1. The molecule has 1 spiro atoms. The van der Waals surface area contributed by atoms with Crippen molar-refractivity contribution in [2.45, 2.75) is 116 Å². The molecule has 0 aromatic heterocycles. The first kappa shape index (κ1) is 30.7. The van der Waals surface area contributed by atoms with Crippen LogP contribution in [-0.4, -0.2) is 65.9 Å². The number of hydrogen-bond acceptors (Lipinski definition) is 4. The van der Waals surface area contributed by atoms with Crippen LogP contribution in [0.5, 0.6) is 0 Å². The zero-order valence-electron chi connectivity index (χ0n) is 28.0. The number of ketones is 1. The standard InChI is InChI=1S/C39H56N2O3/c1-25-19-35-37(41(23-25)24-36(43)40(5)18-15-28-9-7-6-8-10-28)27(3)39(44-35)17-14-31-32-12-11-29-20-30(42)13-16-38(29,4)34(32)21-33(31)26(2)22-39/h6-10,25,27,29,31-32,34-35,37H,11-24H2,1-5H3/t25-,27+,29+,31-,32-,34-,35+,37-,38-,39?/m0/s1. The number of benzene rings is 1. The first-order chi connectivity index (χ1) is 21.1. The number of likely N-dealkylation sites (tertiary alicyclic amines) is 1. The maximum atomic E-state index is 13.5. The van der Waals surface area contributed by atoms with Crippen LogP contribution in [0.3, 0.4) is 0 Å². The van der Waals surface area contributed by atoms with Gasteiger partial charge in [0.1, 0.15) is 5.78 Å². The van der Waals surface area contributed by atoms with Crippen molar-refractivity contribution in [3.63, 3.8) is 0 Å². The van der Waals surface area contributed by atoms with E-state index in [-0.39, 0.29) is 17.6 Å². The maximum absolute atomic E-state index is 13.5. The molecule has 1 unspecified atom stereocenters. The predicted octanol–water partition coefficient (Wildman–Crippen LogP) is 7.09. The molecule has 2 heterocycles. The van der Waals surface area contributed by atoms with Crippen molar-refractivity contribution in [2.75, 3.05) is 26.7 Å². The molecule has 44 heavy (non-hydrogen) atoms. The highest BCUT2D eigenvalue weighted by atomic mass is 16.5. The number of ether oxygens (including phenoxy) is 1. The highest BCUT2D eigenvalue weighted by Gasteiger charge is 2.60. The van der Waals surface area contributed by atoms with Gasteiger partial charge in [0, 0.05) is 44.9 Å². The summed E-state index contributed by atoms with van der Waals surface area (Å²) in [5.74, 6) is 4.52. The minimum atomic E-state index is -0.116. The predicted molar refractivity (Wildman–Crippen MR) is 175 cm³/mol. The SMILES string of the molecule is CC1=C2C[C@H]3[C@@H](CC[C@@H]4CC(=O)CC[C@@]43C)[C@@H]2CCC2(C1)O[C@@H]1C[C@H](C)CN(CC(=O)N(C)CCc3ccccc3)[C@H]1[C@H]2C. The van der Waals surface area contributed by atoms with E-state index in [1.807, 2.05) is 18.0 Å². The fourth-order valence-electron chi connectivity index (χ4n) is 11.5. The van der Waals surface area contributed by atoms with Crippen molar-refractivity contribution >= 4 is 11.7 Å². The fraction of sp³-hybridized carbons (Fsp3) is 0.744. The molecule has 5 heteroatoms. The van der Waals surface area contributed by atoms with Gasteiger partial charge in [-0.2, -0.15) is 0 Å². The number of carbonyl (C=O) groups excluding carboxylic acids is 2. The zero-order valence-corrected chi connectivity index (χ0v) is 28.0. The lowest BCUT2D eigenvalue weighted by molar-refractivity contribution is -0.133. The number of rotatable bonds is 5. The van der Waals surface area contributed by atoms with Gasteiger partial charge >= 0.3 is 0 Å². The van der Waals surface area contributed by atoms with Gasteiger partial charge in [-0.25, -0.2) is 0 Å². The lowest BCUT2D eigenvalue weighted by Gasteiger charge is -2.52. The van der Waals surface area contributed by atoms with Gasteiger partial charge < -0.3 is 9.64 Å². The Labute approximate surface area is 266 Å². The van der Waals surface area contributed by atoms with Gasteiger partial charge in [0.25, 0.3) is 0 Å². The minimum absolute atomic E-state index is 0.116. The number of fused-ring (bicyclic) bond motifs is 6. The second-order valence-electron chi connectivity index (χ2n) is 16.4. The first-order valence-electron chi connectivity index (χ1n) is 18.0. The fourth-order valence-corrected chi connectivity index (χ4v) is 11.5. The van der Waals surface area contributed by atoms with Crippen molar-refractivity contribution in [3.8, 4) is 0 Å². The van der Waals surface area contributed by atoms with E-state index >= 15 is 0 Å². The normalized spacial score (nSPS) is 42.0. The van der Waals surface area contributed by atoms with E-state index < -0.39 is 0 Å². The Kier molecular flexibility index (Phi) is 8.13.